The summed E-state index contributed by atoms with van der Waals surface area (Å²) in [5, 5.41) is 28.5. The third-order valence-electron chi connectivity index (χ3n) is 7.02. The van der Waals surface area contributed by atoms with E-state index in [0.29, 0.717) is 23.4 Å². The average molecular weight is 653 g/mol. The molecule has 44 heavy (non-hydrogen) atoms. The number of hydrogen-bond donors (Lipinski definition) is 4. The second-order valence-electron chi connectivity index (χ2n) is 9.80. The minimum Gasteiger partial charge on any atom is -0.543 e. The van der Waals surface area contributed by atoms with Gasteiger partial charge in [0.25, 0.3) is 11.8 Å². The Morgan fingerprint density at radius 1 is 1.36 bits per heavy atom. The van der Waals surface area contributed by atoms with Gasteiger partial charge >= 0.3 is 0 Å². The fourth-order valence-corrected chi connectivity index (χ4v) is 7.66. The zero-order chi connectivity index (χ0) is 31.1. The van der Waals surface area contributed by atoms with Crippen LogP contribution in [0.5, 0.6) is 0 Å². The smallest absolute Gasteiger partial charge is 0.278 e. The van der Waals surface area contributed by atoms with Crippen molar-refractivity contribution in [2.75, 3.05) is 18.6 Å². The predicted octanol–water partition coefficient (Wildman–Crippen LogP) is -0.789. The maximum atomic E-state index is 13.2. The van der Waals surface area contributed by atoms with Crippen molar-refractivity contribution in [1.82, 2.24) is 24.1 Å². The number of aromatic nitrogens is 4. The lowest BCUT2D eigenvalue weighted by molar-refractivity contribution is -0.687. The molecule has 0 saturated carbocycles. The first kappa shape index (κ1) is 29.3. The number of carbonyl (C=O) groups is 3. The minimum atomic E-state index is -1.48. The van der Waals surface area contributed by atoms with Crippen molar-refractivity contribution in [3.05, 3.63) is 69.7 Å². The maximum Gasteiger partial charge on any atom is 0.278 e. The molecular weight excluding hydrogens is 629 g/mol. The number of carboxylic acid groups (broad SMARTS) is 1. The van der Waals surface area contributed by atoms with Gasteiger partial charge in [-0.25, -0.2) is 0 Å². The van der Waals surface area contributed by atoms with E-state index in [4.69, 9.17) is 21.7 Å². The molecule has 4 aromatic heterocycles. The molecule has 6 N–H and O–H groups in total. The van der Waals surface area contributed by atoms with E-state index < -0.39 is 29.2 Å². The number of β-lactam (4-membered cyclic amide) rings is 1. The van der Waals surface area contributed by atoms with E-state index in [9.17, 15) is 19.5 Å². The first-order chi connectivity index (χ1) is 21.1. The number of nitrogens with zero attached hydrogens (tertiary/aromatic N) is 6. The highest BCUT2D eigenvalue weighted by Gasteiger charge is 2.53. The molecule has 0 aliphatic carbocycles. The molecule has 1 fully saturated rings. The van der Waals surface area contributed by atoms with Crippen LogP contribution in [0.4, 0.5) is 5.13 Å². The van der Waals surface area contributed by atoms with Gasteiger partial charge in [0, 0.05) is 56.3 Å². The molecule has 2 atom stereocenters. The monoisotopic (exact) mass is 652 g/mol. The van der Waals surface area contributed by atoms with E-state index in [0.717, 1.165) is 32.2 Å². The van der Waals surface area contributed by atoms with E-state index in [1.165, 1.54) is 30.2 Å². The molecular formula is C26H24N10O5S3. The summed E-state index contributed by atoms with van der Waals surface area (Å²) in [5.41, 5.74) is 12.9. The molecule has 0 spiro atoms. The summed E-state index contributed by atoms with van der Waals surface area (Å²) in [7, 11) is 1.25. The van der Waals surface area contributed by atoms with Crippen LogP contribution in [-0.4, -0.2) is 72.4 Å². The van der Waals surface area contributed by atoms with Crippen molar-refractivity contribution in [1.29, 1.82) is 5.41 Å². The lowest BCUT2D eigenvalue weighted by Crippen LogP contribution is -2.71. The average Bonchev–Trinajstić information content (AvgIpc) is 3.75. The predicted molar refractivity (Wildman–Crippen MR) is 161 cm³/mol. The number of nitrogens with two attached hydrogens (primary N) is 2. The van der Waals surface area contributed by atoms with Gasteiger partial charge in [-0.3, -0.25) is 19.9 Å². The van der Waals surface area contributed by atoms with Crippen molar-refractivity contribution in [3.8, 4) is 0 Å². The Bertz CT molecular complexity index is 1890. The summed E-state index contributed by atoms with van der Waals surface area (Å²) in [4.78, 5) is 49.3. The van der Waals surface area contributed by atoms with Crippen molar-refractivity contribution in [3.63, 3.8) is 0 Å². The Balaban J connectivity index is 1.21. The number of thioether (sulfide) groups is 1. The third kappa shape index (κ3) is 5.38. The van der Waals surface area contributed by atoms with Crippen LogP contribution in [0.15, 0.2) is 58.6 Å². The van der Waals surface area contributed by atoms with Crippen LogP contribution in [0.3, 0.4) is 0 Å². The molecule has 2 aliphatic heterocycles. The number of amides is 2. The van der Waals surface area contributed by atoms with Crippen molar-refractivity contribution in [2.45, 2.75) is 24.5 Å². The second-order valence-corrected chi connectivity index (χ2v) is 12.7. The summed E-state index contributed by atoms with van der Waals surface area (Å²) in [6.45, 7) is 0.786. The van der Waals surface area contributed by atoms with E-state index in [1.807, 2.05) is 46.7 Å². The number of hydrogen-bond acceptors (Lipinski definition) is 13. The molecule has 15 nitrogen and oxygen atoms in total. The molecule has 1 saturated heterocycles. The minimum absolute atomic E-state index is 0.0184. The Kier molecular flexibility index (Phi) is 7.78. The molecule has 2 amide bonds. The normalized spacial score (nSPS) is 18.2. The van der Waals surface area contributed by atoms with Crippen LogP contribution >= 0.6 is 34.6 Å². The van der Waals surface area contributed by atoms with Crippen LogP contribution in [-0.2, 0) is 32.3 Å². The van der Waals surface area contributed by atoms with Gasteiger partial charge in [-0.05, 0) is 12.1 Å². The number of anilines is 1. The van der Waals surface area contributed by atoms with Crippen molar-refractivity contribution < 1.29 is 28.9 Å². The maximum absolute atomic E-state index is 13.2. The third-order valence-corrected chi connectivity index (χ3v) is 9.82. The van der Waals surface area contributed by atoms with Crippen LogP contribution in [0.1, 0.15) is 16.3 Å². The largest absolute Gasteiger partial charge is 0.543 e. The lowest BCUT2D eigenvalue weighted by atomic mass is 10.0. The molecule has 226 valence electrons. The number of thiophene rings is 1. The molecule has 0 radical (unpaired) electrons. The van der Waals surface area contributed by atoms with E-state index >= 15 is 0 Å². The number of carbonyl (C=O) groups excluding carboxylic acids is 3. The van der Waals surface area contributed by atoms with Crippen LogP contribution < -0.4 is 26.5 Å². The van der Waals surface area contributed by atoms with Gasteiger partial charge in [0.05, 0.1) is 18.2 Å². The number of amidine groups is 1. The fourth-order valence-electron chi connectivity index (χ4n) is 5.01. The number of rotatable bonds is 10. The molecule has 0 bridgehead atoms. The second kappa shape index (κ2) is 11.7. The Morgan fingerprint density at radius 2 is 2.18 bits per heavy atom. The number of fused-ring (bicyclic) bond motifs is 2. The summed E-state index contributed by atoms with van der Waals surface area (Å²) in [6.07, 6.45) is 5.73. The molecule has 4 aromatic rings. The first-order valence-corrected chi connectivity index (χ1v) is 15.6. The standard InChI is InChI=1S/C26H24N10O5S3/c1-41-32-17(21-31-26(29)44-33-21)22(37)30-18-23(38)36-19(25(39)40)14(11-43-24(18)36)7-34-4-2-12-3-5-35(16(12)9-34)8-15-6-13(10-42-15)20(27)28/h2-6,9-10,18,24H,7-8,11H2,1H3,(H6-,27,28,29,30,31,33,37,39,40)/b32-17-/t18-,24-/m1/s1. The summed E-state index contributed by atoms with van der Waals surface area (Å²) in [5.74, 6) is -2.57. The first-order valence-electron chi connectivity index (χ1n) is 12.9. The zero-order valence-corrected chi connectivity index (χ0v) is 25.4. The van der Waals surface area contributed by atoms with Gasteiger partial charge in [0.2, 0.25) is 11.5 Å². The van der Waals surface area contributed by atoms with Gasteiger partial charge in [-0.2, -0.15) is 13.9 Å². The number of oxime groups is 1. The van der Waals surface area contributed by atoms with Gasteiger partial charge < -0.3 is 36.1 Å². The molecule has 6 rings (SSSR count). The molecule has 0 aromatic carbocycles. The zero-order valence-electron chi connectivity index (χ0n) is 22.9. The topological polar surface area (TPSA) is 222 Å². The SMILES string of the molecule is CO/N=C(\C(=O)N[C@@H]1C(=O)N2C(C(=O)[O-])=C(C[n+]3ccc4ccn(Cc5cc(C(=N)N)cs5)c4c3)CS[C@H]12)c1nsc(N)n1. The summed E-state index contributed by atoms with van der Waals surface area (Å²) in [6, 6.07) is 4.80. The highest BCUT2D eigenvalue weighted by Crippen LogP contribution is 2.40. The highest BCUT2D eigenvalue weighted by molar-refractivity contribution is 8.00. The van der Waals surface area contributed by atoms with Gasteiger partial charge in [0.15, 0.2) is 24.1 Å². The van der Waals surface area contributed by atoms with Gasteiger partial charge in [-0.1, -0.05) is 5.16 Å². The van der Waals surface area contributed by atoms with Crippen LogP contribution in [0.25, 0.3) is 10.9 Å². The fraction of sp³-hybridized carbons (Fsp3) is 0.231. The highest BCUT2D eigenvalue weighted by atomic mass is 32.2. The lowest BCUT2D eigenvalue weighted by Gasteiger charge is -2.50. The summed E-state index contributed by atoms with van der Waals surface area (Å²) < 4.78 is 7.88. The van der Waals surface area contributed by atoms with Gasteiger partial charge in [0.1, 0.15) is 29.9 Å². The molecule has 6 heterocycles. The van der Waals surface area contributed by atoms with Crippen molar-refractivity contribution >= 4 is 80.0 Å². The van der Waals surface area contributed by atoms with E-state index in [-0.39, 0.29) is 34.7 Å². The molecule has 2 aliphatic rings. The number of pyridine rings is 1. The number of carboxylic acids is 1. The van der Waals surface area contributed by atoms with Crippen LogP contribution in [0, 0.1) is 5.41 Å². The molecule has 0 unspecified atom stereocenters. The van der Waals surface area contributed by atoms with E-state index in [2.05, 4.69) is 24.4 Å². The molecule has 18 heteroatoms. The number of nitrogen functional groups attached to an aromatic ring is 2. The summed E-state index contributed by atoms with van der Waals surface area (Å²) >= 11 is 3.72. The van der Waals surface area contributed by atoms with E-state index in [1.54, 1.807) is 0 Å². The Labute approximate surface area is 261 Å². The van der Waals surface area contributed by atoms with Crippen LogP contribution in [0.2, 0.25) is 0 Å². The number of aliphatic carboxylic acids is 1. The Hall–Kier alpha value is -4.81. The quantitative estimate of drug-likeness (QED) is 0.0550. The van der Waals surface area contributed by atoms with Crippen molar-refractivity contribution in [2.24, 2.45) is 10.9 Å². The van der Waals surface area contributed by atoms with Gasteiger partial charge in [-0.15, -0.1) is 23.1 Å². The Morgan fingerprint density at radius 3 is 2.86 bits per heavy atom. The number of nitrogens with one attached hydrogen (secondary N) is 2.